The molecule has 1 aliphatic heterocycles. The van der Waals surface area contributed by atoms with E-state index in [1.54, 1.807) is 0 Å². The van der Waals surface area contributed by atoms with E-state index in [0.717, 1.165) is 18.0 Å². The monoisotopic (exact) mass is 224 g/mol. The Hall–Kier alpha value is -0.0800. The summed E-state index contributed by atoms with van der Waals surface area (Å²) in [5.74, 6) is 0.991. The lowest BCUT2D eigenvalue weighted by Gasteiger charge is -2.31. The first kappa shape index (κ1) is 12.4. The summed E-state index contributed by atoms with van der Waals surface area (Å²) in [5.41, 5.74) is 0. The molecule has 0 radical (unpaired) electrons. The third kappa shape index (κ3) is 3.74. The minimum Gasteiger partial charge on any atom is -0.313 e. The van der Waals surface area contributed by atoms with Gasteiger partial charge in [-0.15, -0.1) is 0 Å². The molecule has 1 aliphatic carbocycles. The van der Waals surface area contributed by atoms with Crippen LogP contribution in [0, 0.1) is 5.92 Å². The zero-order valence-electron chi connectivity index (χ0n) is 10.8. The van der Waals surface area contributed by atoms with Crippen LogP contribution >= 0.6 is 0 Å². The van der Waals surface area contributed by atoms with Crippen molar-refractivity contribution in [2.45, 2.75) is 70.4 Å². The Morgan fingerprint density at radius 3 is 2.81 bits per heavy atom. The number of nitrogens with one attached hydrogen (secondary N) is 2. The second-order valence-corrected chi connectivity index (χ2v) is 5.69. The maximum Gasteiger partial charge on any atom is 0.0192 e. The molecule has 16 heavy (non-hydrogen) atoms. The molecule has 3 unspecified atom stereocenters. The fourth-order valence-electron chi connectivity index (χ4n) is 3.25. The standard InChI is InChI=1S/C14H28N2/c1-2-12-6-5-8-13(10-12)16-11-14-7-3-4-9-15-14/h12-16H,2-11H2,1H3. The van der Waals surface area contributed by atoms with E-state index in [1.165, 1.54) is 64.5 Å². The molecule has 0 spiro atoms. The van der Waals surface area contributed by atoms with Gasteiger partial charge in [-0.05, 0) is 38.1 Å². The van der Waals surface area contributed by atoms with Crippen LogP contribution in [0.1, 0.15) is 58.3 Å². The predicted octanol–water partition coefficient (Wildman–Crippen LogP) is 2.69. The number of hydrogen-bond donors (Lipinski definition) is 2. The lowest BCUT2D eigenvalue weighted by Crippen LogP contribution is -2.45. The van der Waals surface area contributed by atoms with Gasteiger partial charge in [0.25, 0.3) is 0 Å². The summed E-state index contributed by atoms with van der Waals surface area (Å²) in [6.07, 6.45) is 11.3. The van der Waals surface area contributed by atoms with E-state index < -0.39 is 0 Å². The third-order valence-electron chi connectivity index (χ3n) is 4.43. The first-order valence-corrected chi connectivity index (χ1v) is 7.35. The maximum atomic E-state index is 3.79. The number of hydrogen-bond acceptors (Lipinski definition) is 2. The Balaban J connectivity index is 1.64. The van der Waals surface area contributed by atoms with Crippen molar-refractivity contribution >= 4 is 0 Å². The highest BCUT2D eigenvalue weighted by Crippen LogP contribution is 2.26. The lowest BCUT2D eigenvalue weighted by molar-refractivity contribution is 0.265. The summed E-state index contributed by atoms with van der Waals surface area (Å²) in [6, 6.07) is 1.55. The van der Waals surface area contributed by atoms with E-state index in [0.29, 0.717) is 0 Å². The third-order valence-corrected chi connectivity index (χ3v) is 4.43. The highest BCUT2D eigenvalue weighted by Gasteiger charge is 2.21. The van der Waals surface area contributed by atoms with Crippen molar-refractivity contribution in [1.29, 1.82) is 0 Å². The minimum atomic E-state index is 0.746. The van der Waals surface area contributed by atoms with Gasteiger partial charge in [-0.3, -0.25) is 0 Å². The summed E-state index contributed by atoms with van der Waals surface area (Å²) < 4.78 is 0. The SMILES string of the molecule is CCC1CCCC(NCC2CCCCN2)C1. The van der Waals surface area contributed by atoms with Crippen molar-refractivity contribution in [3.8, 4) is 0 Å². The van der Waals surface area contributed by atoms with Gasteiger partial charge < -0.3 is 10.6 Å². The highest BCUT2D eigenvalue weighted by molar-refractivity contribution is 4.81. The Morgan fingerprint density at radius 2 is 2.06 bits per heavy atom. The van der Waals surface area contributed by atoms with Crippen molar-refractivity contribution in [3.05, 3.63) is 0 Å². The van der Waals surface area contributed by atoms with Crippen LogP contribution in [-0.4, -0.2) is 25.2 Å². The smallest absolute Gasteiger partial charge is 0.0192 e. The van der Waals surface area contributed by atoms with Crippen LogP contribution in [0.5, 0.6) is 0 Å². The van der Waals surface area contributed by atoms with Gasteiger partial charge in [0, 0.05) is 18.6 Å². The van der Waals surface area contributed by atoms with Gasteiger partial charge in [0.15, 0.2) is 0 Å². The molecule has 2 fully saturated rings. The molecule has 1 saturated heterocycles. The first-order valence-electron chi connectivity index (χ1n) is 7.35. The zero-order chi connectivity index (χ0) is 11.2. The number of piperidine rings is 1. The van der Waals surface area contributed by atoms with Crippen LogP contribution in [-0.2, 0) is 0 Å². The van der Waals surface area contributed by atoms with Gasteiger partial charge >= 0.3 is 0 Å². The molecule has 3 atom stereocenters. The zero-order valence-corrected chi connectivity index (χ0v) is 10.8. The molecule has 0 aromatic heterocycles. The Morgan fingerprint density at radius 1 is 1.12 bits per heavy atom. The van der Waals surface area contributed by atoms with E-state index in [-0.39, 0.29) is 0 Å². The molecular weight excluding hydrogens is 196 g/mol. The molecule has 2 nitrogen and oxygen atoms in total. The molecule has 2 aliphatic rings. The molecule has 0 aromatic carbocycles. The van der Waals surface area contributed by atoms with Crippen LogP contribution in [0.15, 0.2) is 0 Å². The van der Waals surface area contributed by atoms with Crippen molar-refractivity contribution < 1.29 is 0 Å². The Labute approximate surface area is 101 Å². The predicted molar refractivity (Wildman–Crippen MR) is 69.7 cm³/mol. The summed E-state index contributed by atoms with van der Waals surface area (Å²) >= 11 is 0. The van der Waals surface area contributed by atoms with Gasteiger partial charge in [-0.1, -0.05) is 32.6 Å². The molecular formula is C14H28N2. The second kappa shape index (κ2) is 6.61. The van der Waals surface area contributed by atoms with Crippen LogP contribution in [0.3, 0.4) is 0 Å². The highest BCUT2D eigenvalue weighted by atomic mass is 15.0. The van der Waals surface area contributed by atoms with E-state index >= 15 is 0 Å². The maximum absolute atomic E-state index is 3.79. The van der Waals surface area contributed by atoms with Crippen molar-refractivity contribution in [2.75, 3.05) is 13.1 Å². The topological polar surface area (TPSA) is 24.1 Å². The summed E-state index contributed by atoms with van der Waals surface area (Å²) in [7, 11) is 0. The average Bonchev–Trinajstić information content (AvgIpc) is 2.38. The summed E-state index contributed by atoms with van der Waals surface area (Å²) in [5, 5.41) is 7.41. The fraction of sp³-hybridized carbons (Fsp3) is 1.00. The van der Waals surface area contributed by atoms with Crippen LogP contribution < -0.4 is 10.6 Å². The van der Waals surface area contributed by atoms with Crippen molar-refractivity contribution in [3.63, 3.8) is 0 Å². The molecule has 1 saturated carbocycles. The van der Waals surface area contributed by atoms with Crippen LogP contribution in [0.2, 0.25) is 0 Å². The van der Waals surface area contributed by atoms with E-state index in [9.17, 15) is 0 Å². The van der Waals surface area contributed by atoms with Crippen LogP contribution in [0.4, 0.5) is 0 Å². The van der Waals surface area contributed by atoms with Crippen molar-refractivity contribution in [2.24, 2.45) is 5.92 Å². The molecule has 0 bridgehead atoms. The molecule has 1 heterocycles. The fourth-order valence-corrected chi connectivity index (χ4v) is 3.25. The van der Waals surface area contributed by atoms with Crippen LogP contribution in [0.25, 0.3) is 0 Å². The van der Waals surface area contributed by atoms with Gasteiger partial charge in [-0.2, -0.15) is 0 Å². The Bertz CT molecular complexity index is 187. The summed E-state index contributed by atoms with van der Waals surface area (Å²) in [4.78, 5) is 0. The lowest BCUT2D eigenvalue weighted by atomic mass is 9.84. The second-order valence-electron chi connectivity index (χ2n) is 5.69. The van der Waals surface area contributed by atoms with E-state index in [2.05, 4.69) is 17.6 Å². The quantitative estimate of drug-likeness (QED) is 0.767. The largest absolute Gasteiger partial charge is 0.313 e. The number of rotatable bonds is 4. The normalized spacial score (nSPS) is 36.2. The first-order chi connectivity index (χ1) is 7.88. The molecule has 2 N–H and O–H groups in total. The van der Waals surface area contributed by atoms with Gasteiger partial charge in [0.2, 0.25) is 0 Å². The molecule has 0 amide bonds. The van der Waals surface area contributed by atoms with Gasteiger partial charge in [0.05, 0.1) is 0 Å². The van der Waals surface area contributed by atoms with Gasteiger partial charge in [0.1, 0.15) is 0 Å². The average molecular weight is 224 g/mol. The van der Waals surface area contributed by atoms with Crippen molar-refractivity contribution in [1.82, 2.24) is 10.6 Å². The Kier molecular flexibility index (Phi) is 5.11. The van der Waals surface area contributed by atoms with E-state index in [4.69, 9.17) is 0 Å². The minimum absolute atomic E-state index is 0.746. The molecule has 2 heteroatoms. The molecule has 2 rings (SSSR count). The summed E-state index contributed by atoms with van der Waals surface area (Å²) in [6.45, 7) is 4.77. The molecule has 0 aromatic rings. The molecule has 94 valence electrons. The van der Waals surface area contributed by atoms with Gasteiger partial charge in [-0.25, -0.2) is 0 Å². The van der Waals surface area contributed by atoms with E-state index in [1.807, 2.05) is 0 Å².